The van der Waals surface area contributed by atoms with Crippen molar-refractivity contribution in [3.05, 3.63) is 51.7 Å². The van der Waals surface area contributed by atoms with Gasteiger partial charge in [0.05, 0.1) is 10.5 Å². The molecule has 2 aromatic carbocycles. The highest BCUT2D eigenvalue weighted by Gasteiger charge is 2.22. The van der Waals surface area contributed by atoms with E-state index in [0.717, 1.165) is 10.7 Å². The molecule has 0 unspecified atom stereocenters. The smallest absolute Gasteiger partial charge is 0.344 e. The number of halogens is 3. The second kappa shape index (κ2) is 9.43. The topological polar surface area (TPSA) is 83.5 Å². The Labute approximate surface area is 206 Å². The molecular formula is C19H18I3O5S-. The van der Waals surface area contributed by atoms with E-state index in [9.17, 15) is 17.8 Å². The number of hydrogen-bond acceptors (Lipinski definition) is 5. The fraction of sp³-hybridized carbons (Fsp3) is 0.316. The maximum atomic E-state index is 12.9. The highest BCUT2D eigenvalue weighted by Crippen LogP contribution is 2.36. The molecule has 0 bridgehead atoms. The molecule has 0 radical (unpaired) electrons. The predicted octanol–water partition coefficient (Wildman–Crippen LogP) is 5.87. The number of hydrogen-bond donors (Lipinski definition) is 0. The van der Waals surface area contributed by atoms with Gasteiger partial charge in [0.25, 0.3) is 0 Å². The van der Waals surface area contributed by atoms with Gasteiger partial charge in [0.15, 0.2) is 0 Å². The second-order valence-corrected chi connectivity index (χ2v) is 11.7. The third-order valence-electron chi connectivity index (χ3n) is 4.07. The quantitative estimate of drug-likeness (QED) is 0.126. The summed E-state index contributed by atoms with van der Waals surface area (Å²) in [6, 6.07) is 6.56. The molecule has 5 nitrogen and oxygen atoms in total. The minimum absolute atomic E-state index is 0.139. The van der Waals surface area contributed by atoms with E-state index in [-0.39, 0.29) is 22.5 Å². The summed E-state index contributed by atoms with van der Waals surface area (Å²) in [5.41, 5.74) is 1.29. The van der Waals surface area contributed by atoms with Gasteiger partial charge in [-0.1, -0.05) is 27.7 Å². The highest BCUT2D eigenvalue weighted by molar-refractivity contribution is 14.1. The van der Waals surface area contributed by atoms with Crippen molar-refractivity contribution in [3.8, 4) is 5.75 Å². The summed E-state index contributed by atoms with van der Waals surface area (Å²) in [6.07, 6.45) is 0. The van der Waals surface area contributed by atoms with E-state index >= 15 is 0 Å². The van der Waals surface area contributed by atoms with Crippen LogP contribution < -0.4 is 4.74 Å². The van der Waals surface area contributed by atoms with Gasteiger partial charge in [0, 0.05) is 10.7 Å². The normalized spacial score (nSPS) is 11.9. The molecular weight excluding hydrogens is 721 g/mol. The van der Waals surface area contributed by atoms with Gasteiger partial charge in [-0.3, -0.25) is 0 Å². The Morgan fingerprint density at radius 3 is 2.04 bits per heavy atom. The molecule has 152 valence electrons. The van der Waals surface area contributed by atoms with E-state index in [1.165, 1.54) is 12.1 Å². The monoisotopic (exact) mass is 739 g/mol. The minimum atomic E-state index is -4.64. The van der Waals surface area contributed by atoms with Crippen LogP contribution in [0.3, 0.4) is 0 Å². The van der Waals surface area contributed by atoms with Gasteiger partial charge in [-0.25, -0.2) is 13.2 Å². The van der Waals surface area contributed by atoms with Crippen LogP contribution in [0.15, 0.2) is 29.2 Å². The van der Waals surface area contributed by atoms with Crippen LogP contribution in [0.5, 0.6) is 5.75 Å². The number of ether oxygens (including phenoxy) is 1. The fourth-order valence-electron chi connectivity index (χ4n) is 2.66. The Morgan fingerprint density at radius 2 is 1.54 bits per heavy atom. The molecule has 0 aliphatic carbocycles. The van der Waals surface area contributed by atoms with Crippen LogP contribution in [0.4, 0.5) is 0 Å². The number of carbonyl (C=O) groups excluding carboxylic acids is 1. The largest absolute Gasteiger partial charge is 0.744 e. The van der Waals surface area contributed by atoms with Gasteiger partial charge in [0.2, 0.25) is 0 Å². The van der Waals surface area contributed by atoms with Crippen LogP contribution in [-0.2, 0) is 10.1 Å². The fourth-order valence-corrected chi connectivity index (χ4v) is 5.89. The van der Waals surface area contributed by atoms with Crippen LogP contribution in [0, 0.1) is 10.7 Å². The lowest BCUT2D eigenvalue weighted by atomic mass is 9.96. The molecule has 0 heterocycles. The average molecular weight is 739 g/mol. The summed E-state index contributed by atoms with van der Waals surface area (Å²) in [5, 5.41) is 0. The molecule has 9 heteroatoms. The zero-order chi connectivity index (χ0) is 21.4. The van der Waals surface area contributed by atoms with Crippen LogP contribution in [0.1, 0.15) is 61.0 Å². The number of esters is 1. The first-order chi connectivity index (χ1) is 12.8. The maximum absolute atomic E-state index is 12.9. The molecule has 2 aromatic rings. The van der Waals surface area contributed by atoms with Crippen LogP contribution in [0.2, 0.25) is 0 Å². The van der Waals surface area contributed by atoms with Crippen molar-refractivity contribution >= 4 is 83.9 Å². The van der Waals surface area contributed by atoms with Gasteiger partial charge in [-0.15, -0.1) is 0 Å². The van der Waals surface area contributed by atoms with E-state index in [4.69, 9.17) is 4.74 Å². The predicted molar refractivity (Wildman–Crippen MR) is 132 cm³/mol. The molecule has 0 saturated carbocycles. The van der Waals surface area contributed by atoms with E-state index in [1.807, 2.05) is 19.9 Å². The van der Waals surface area contributed by atoms with Crippen molar-refractivity contribution in [2.45, 2.75) is 44.4 Å². The van der Waals surface area contributed by atoms with Gasteiger partial charge < -0.3 is 9.29 Å². The molecule has 0 fully saturated rings. The summed E-state index contributed by atoms with van der Waals surface area (Å²) in [6.45, 7) is 7.27. The van der Waals surface area contributed by atoms with E-state index in [0.29, 0.717) is 16.7 Å². The molecule has 28 heavy (non-hydrogen) atoms. The van der Waals surface area contributed by atoms with Crippen molar-refractivity contribution in [1.29, 1.82) is 0 Å². The summed E-state index contributed by atoms with van der Waals surface area (Å²) >= 11 is 6.40. The van der Waals surface area contributed by atoms with E-state index in [2.05, 4.69) is 67.8 Å². The standard InChI is InChI=1S/C19H19I3O5S/c1-9(2)12-8-17(28(24,25)26)13(10(3)4)7-16(12)27-19(23)14-5-11(20)6-15(21)18(14)22/h5-10H,1-4H3,(H,24,25,26)/p-1. The maximum Gasteiger partial charge on any atom is 0.344 e. The molecule has 0 saturated heterocycles. The Hall–Kier alpha value is 0.0100. The lowest BCUT2D eigenvalue weighted by Gasteiger charge is -2.21. The van der Waals surface area contributed by atoms with Crippen molar-refractivity contribution in [1.82, 2.24) is 0 Å². The number of benzene rings is 2. The second-order valence-electron chi connectivity index (χ2n) is 6.83. The van der Waals surface area contributed by atoms with Gasteiger partial charge in [-0.2, -0.15) is 0 Å². The van der Waals surface area contributed by atoms with Crippen LogP contribution >= 0.6 is 67.8 Å². The SMILES string of the molecule is CC(C)c1cc(S(=O)(=O)[O-])c(C(C)C)cc1OC(=O)c1cc(I)cc(I)c1I. The summed E-state index contributed by atoms with van der Waals surface area (Å²) in [7, 11) is -4.64. The van der Waals surface area contributed by atoms with Crippen LogP contribution in [0.25, 0.3) is 0 Å². The lowest BCUT2D eigenvalue weighted by Crippen LogP contribution is -2.15. The first-order valence-corrected chi connectivity index (χ1v) is 13.0. The molecule has 0 atom stereocenters. The first kappa shape index (κ1) is 24.3. The van der Waals surface area contributed by atoms with E-state index < -0.39 is 16.1 Å². The Kier molecular flexibility index (Phi) is 8.18. The summed E-state index contributed by atoms with van der Waals surface area (Å²) in [5.74, 6) is -0.605. The average Bonchev–Trinajstić information content (AvgIpc) is 2.56. The Morgan fingerprint density at radius 1 is 0.964 bits per heavy atom. The van der Waals surface area contributed by atoms with Crippen molar-refractivity contribution < 1.29 is 22.5 Å². The van der Waals surface area contributed by atoms with Crippen molar-refractivity contribution in [2.75, 3.05) is 0 Å². The van der Waals surface area contributed by atoms with Crippen molar-refractivity contribution in [3.63, 3.8) is 0 Å². The molecule has 0 spiro atoms. The minimum Gasteiger partial charge on any atom is -0.744 e. The Bertz CT molecular complexity index is 1030. The molecule has 2 rings (SSSR count). The number of rotatable bonds is 5. The third kappa shape index (κ3) is 5.58. The zero-order valence-electron chi connectivity index (χ0n) is 15.5. The Balaban J connectivity index is 2.62. The van der Waals surface area contributed by atoms with E-state index in [1.54, 1.807) is 19.9 Å². The van der Waals surface area contributed by atoms with Gasteiger partial charge in [0.1, 0.15) is 15.9 Å². The lowest BCUT2D eigenvalue weighted by molar-refractivity contribution is 0.0731. The van der Waals surface area contributed by atoms with Gasteiger partial charge >= 0.3 is 5.97 Å². The molecule has 0 aromatic heterocycles. The molecule has 0 aliphatic heterocycles. The van der Waals surface area contributed by atoms with Gasteiger partial charge in [-0.05, 0) is 115 Å². The van der Waals surface area contributed by atoms with Crippen LogP contribution in [-0.4, -0.2) is 18.9 Å². The molecule has 0 N–H and O–H groups in total. The molecule has 0 aliphatic rings. The van der Waals surface area contributed by atoms with Crippen molar-refractivity contribution in [2.24, 2.45) is 0 Å². The zero-order valence-corrected chi connectivity index (χ0v) is 22.8. The number of carbonyl (C=O) groups is 1. The first-order valence-electron chi connectivity index (χ1n) is 8.33. The summed E-state index contributed by atoms with van der Waals surface area (Å²) < 4.78 is 43.6. The summed E-state index contributed by atoms with van der Waals surface area (Å²) in [4.78, 5) is 12.6. The molecule has 0 amide bonds. The third-order valence-corrected chi connectivity index (χ3v) is 8.63. The highest BCUT2D eigenvalue weighted by atomic mass is 127.